The van der Waals surface area contributed by atoms with E-state index < -0.39 is 0 Å². The Morgan fingerprint density at radius 3 is 2.44 bits per heavy atom. The molecule has 0 radical (unpaired) electrons. The van der Waals surface area contributed by atoms with Crippen LogP contribution in [0.4, 0.5) is 0 Å². The SMILES string of the molecule is CC(N1CCCCC1)n1nc(-c2ccccc2)c2cc(Cl)ccc21.Cl. The summed E-state index contributed by atoms with van der Waals surface area (Å²) in [6, 6.07) is 16.4. The summed E-state index contributed by atoms with van der Waals surface area (Å²) in [5.41, 5.74) is 3.29. The van der Waals surface area contributed by atoms with Crippen LogP contribution < -0.4 is 0 Å². The van der Waals surface area contributed by atoms with Gasteiger partial charge in [-0.15, -0.1) is 12.4 Å². The van der Waals surface area contributed by atoms with Gasteiger partial charge in [0.2, 0.25) is 0 Å². The Bertz CT molecular complexity index is 839. The van der Waals surface area contributed by atoms with E-state index in [-0.39, 0.29) is 18.6 Å². The standard InChI is InChI=1S/C20H22ClN3.ClH/c1-15(23-12-6-3-7-13-23)24-19-11-10-17(21)14-18(19)20(22-24)16-8-4-2-5-9-16;/h2,4-5,8-11,14-15H,3,6-7,12-13H2,1H3;1H. The smallest absolute Gasteiger partial charge is 0.102 e. The lowest BCUT2D eigenvalue weighted by molar-refractivity contribution is 0.121. The third-order valence-corrected chi connectivity index (χ3v) is 5.22. The molecular formula is C20H23Cl2N3. The summed E-state index contributed by atoms with van der Waals surface area (Å²) in [5.74, 6) is 0. The van der Waals surface area contributed by atoms with E-state index >= 15 is 0 Å². The van der Waals surface area contributed by atoms with Gasteiger partial charge in [-0.2, -0.15) is 5.10 Å². The first-order valence-electron chi connectivity index (χ1n) is 8.71. The molecule has 0 saturated carbocycles. The second-order valence-corrected chi connectivity index (χ2v) is 6.99. The molecule has 3 nitrogen and oxygen atoms in total. The maximum Gasteiger partial charge on any atom is 0.102 e. The Kier molecular flexibility index (Phi) is 5.67. The molecule has 4 rings (SSSR count). The molecule has 1 aliphatic rings. The van der Waals surface area contributed by atoms with Gasteiger partial charge in [0.25, 0.3) is 0 Å². The third kappa shape index (κ3) is 3.55. The molecule has 1 aliphatic heterocycles. The zero-order valence-electron chi connectivity index (χ0n) is 14.4. The fraction of sp³-hybridized carbons (Fsp3) is 0.350. The molecule has 1 saturated heterocycles. The Balaban J connectivity index is 0.00000182. The molecule has 25 heavy (non-hydrogen) atoms. The van der Waals surface area contributed by atoms with E-state index in [1.54, 1.807) is 0 Å². The molecule has 132 valence electrons. The highest BCUT2D eigenvalue weighted by atomic mass is 35.5. The van der Waals surface area contributed by atoms with Gasteiger partial charge in [-0.05, 0) is 38.0 Å². The molecule has 1 aromatic heterocycles. The maximum atomic E-state index is 6.27. The van der Waals surface area contributed by atoms with Crippen molar-refractivity contribution in [3.8, 4) is 11.3 Å². The van der Waals surface area contributed by atoms with Crippen LogP contribution in [0.5, 0.6) is 0 Å². The molecule has 0 aliphatic carbocycles. The summed E-state index contributed by atoms with van der Waals surface area (Å²) in [5, 5.41) is 6.87. The molecule has 1 unspecified atom stereocenters. The molecule has 3 aromatic rings. The minimum atomic E-state index is 0. The van der Waals surface area contributed by atoms with Crippen LogP contribution in [0.1, 0.15) is 32.4 Å². The highest BCUT2D eigenvalue weighted by molar-refractivity contribution is 6.31. The first kappa shape index (κ1) is 18.2. The number of hydrogen-bond acceptors (Lipinski definition) is 2. The number of piperidine rings is 1. The van der Waals surface area contributed by atoms with Crippen molar-refractivity contribution in [1.82, 2.24) is 14.7 Å². The summed E-state index contributed by atoms with van der Waals surface area (Å²) in [4.78, 5) is 2.53. The quantitative estimate of drug-likeness (QED) is 0.578. The first-order chi connectivity index (χ1) is 11.7. The van der Waals surface area contributed by atoms with Gasteiger partial charge in [-0.3, -0.25) is 4.90 Å². The number of hydrogen-bond donors (Lipinski definition) is 0. The fourth-order valence-electron chi connectivity index (χ4n) is 3.65. The monoisotopic (exact) mass is 375 g/mol. The molecule has 2 heterocycles. The summed E-state index contributed by atoms with van der Waals surface area (Å²) >= 11 is 6.27. The topological polar surface area (TPSA) is 21.1 Å². The van der Waals surface area contributed by atoms with Crippen LogP contribution in [0, 0.1) is 0 Å². The lowest BCUT2D eigenvalue weighted by Gasteiger charge is -2.32. The van der Waals surface area contributed by atoms with Crippen LogP contribution in [0.15, 0.2) is 48.5 Å². The van der Waals surface area contributed by atoms with Crippen LogP contribution in [-0.4, -0.2) is 27.8 Å². The average Bonchev–Trinajstić information content (AvgIpc) is 3.01. The molecular weight excluding hydrogens is 353 g/mol. The van der Waals surface area contributed by atoms with Crippen LogP contribution in [0.3, 0.4) is 0 Å². The van der Waals surface area contributed by atoms with Crippen molar-refractivity contribution >= 4 is 34.9 Å². The van der Waals surface area contributed by atoms with Crippen LogP contribution in [-0.2, 0) is 0 Å². The second kappa shape index (κ2) is 7.77. The van der Waals surface area contributed by atoms with Gasteiger partial charge >= 0.3 is 0 Å². The number of fused-ring (bicyclic) bond motifs is 1. The van der Waals surface area contributed by atoms with E-state index in [1.807, 2.05) is 18.2 Å². The van der Waals surface area contributed by atoms with E-state index in [0.717, 1.165) is 40.3 Å². The van der Waals surface area contributed by atoms with Crippen molar-refractivity contribution in [1.29, 1.82) is 0 Å². The van der Waals surface area contributed by atoms with Crippen molar-refractivity contribution in [3.05, 3.63) is 53.6 Å². The van der Waals surface area contributed by atoms with Gasteiger partial charge in [-0.25, -0.2) is 4.68 Å². The normalized spacial score (nSPS) is 16.6. The molecule has 5 heteroatoms. The molecule has 0 amide bonds. The maximum absolute atomic E-state index is 6.27. The number of benzene rings is 2. The summed E-state index contributed by atoms with van der Waals surface area (Å²) in [6.45, 7) is 4.55. The largest absolute Gasteiger partial charge is 0.282 e. The van der Waals surface area contributed by atoms with Gasteiger partial charge in [0.1, 0.15) is 11.9 Å². The number of rotatable bonds is 3. The fourth-order valence-corrected chi connectivity index (χ4v) is 3.83. The lowest BCUT2D eigenvalue weighted by atomic mass is 10.1. The van der Waals surface area contributed by atoms with Crippen molar-refractivity contribution in [2.75, 3.05) is 13.1 Å². The first-order valence-corrected chi connectivity index (χ1v) is 9.09. The summed E-state index contributed by atoms with van der Waals surface area (Å²) in [7, 11) is 0. The molecule has 0 N–H and O–H groups in total. The van der Waals surface area contributed by atoms with Crippen molar-refractivity contribution in [2.45, 2.75) is 32.4 Å². The Morgan fingerprint density at radius 1 is 1.00 bits per heavy atom. The minimum Gasteiger partial charge on any atom is -0.282 e. The summed E-state index contributed by atoms with van der Waals surface area (Å²) < 4.78 is 2.17. The molecule has 1 fully saturated rings. The average molecular weight is 376 g/mol. The third-order valence-electron chi connectivity index (χ3n) is 4.99. The predicted molar refractivity (Wildman–Crippen MR) is 108 cm³/mol. The lowest BCUT2D eigenvalue weighted by Crippen LogP contribution is -2.35. The van der Waals surface area contributed by atoms with Crippen LogP contribution in [0.25, 0.3) is 22.2 Å². The van der Waals surface area contributed by atoms with E-state index in [2.05, 4.69) is 46.8 Å². The van der Waals surface area contributed by atoms with E-state index in [9.17, 15) is 0 Å². The Labute approximate surface area is 160 Å². The Hall–Kier alpha value is -1.55. The van der Waals surface area contributed by atoms with Gasteiger partial charge in [0, 0.05) is 29.1 Å². The highest BCUT2D eigenvalue weighted by Gasteiger charge is 2.22. The minimum absolute atomic E-state index is 0. The zero-order chi connectivity index (χ0) is 16.5. The number of likely N-dealkylation sites (tertiary alicyclic amines) is 1. The Morgan fingerprint density at radius 2 is 1.72 bits per heavy atom. The number of halogens is 2. The zero-order valence-corrected chi connectivity index (χ0v) is 15.9. The van der Waals surface area contributed by atoms with Crippen LogP contribution in [0.2, 0.25) is 5.02 Å². The highest BCUT2D eigenvalue weighted by Crippen LogP contribution is 2.32. The van der Waals surface area contributed by atoms with Gasteiger partial charge in [-0.1, -0.05) is 48.4 Å². The molecule has 1 atom stereocenters. The number of nitrogens with zero attached hydrogens (tertiary/aromatic N) is 3. The van der Waals surface area contributed by atoms with Crippen molar-refractivity contribution < 1.29 is 0 Å². The predicted octanol–water partition coefficient (Wildman–Crippen LogP) is 5.78. The van der Waals surface area contributed by atoms with E-state index in [1.165, 1.54) is 19.3 Å². The number of aromatic nitrogens is 2. The molecule has 0 bridgehead atoms. The summed E-state index contributed by atoms with van der Waals surface area (Å²) in [6.07, 6.45) is 4.15. The molecule has 0 spiro atoms. The van der Waals surface area contributed by atoms with Gasteiger partial charge in [0.15, 0.2) is 0 Å². The van der Waals surface area contributed by atoms with Gasteiger partial charge < -0.3 is 0 Å². The van der Waals surface area contributed by atoms with Crippen molar-refractivity contribution in [2.24, 2.45) is 0 Å². The van der Waals surface area contributed by atoms with E-state index in [0.29, 0.717) is 0 Å². The van der Waals surface area contributed by atoms with Gasteiger partial charge in [0.05, 0.1) is 5.52 Å². The van der Waals surface area contributed by atoms with Crippen molar-refractivity contribution in [3.63, 3.8) is 0 Å². The molecule has 2 aromatic carbocycles. The van der Waals surface area contributed by atoms with E-state index in [4.69, 9.17) is 16.7 Å². The second-order valence-electron chi connectivity index (χ2n) is 6.55. The van der Waals surface area contributed by atoms with Crippen LogP contribution >= 0.6 is 24.0 Å².